The highest BCUT2D eigenvalue weighted by molar-refractivity contribution is 7.91. The minimum absolute atomic E-state index is 0.00846. The molecule has 10 heteroatoms. The van der Waals surface area contributed by atoms with Crippen molar-refractivity contribution in [2.75, 3.05) is 5.32 Å². The van der Waals surface area contributed by atoms with Gasteiger partial charge < -0.3 is 10.1 Å². The molecule has 25 heavy (non-hydrogen) atoms. The molecule has 5 nitrogen and oxygen atoms in total. The minimum atomic E-state index is -4.91. The molecule has 0 spiro atoms. The second kappa shape index (κ2) is 7.51. The van der Waals surface area contributed by atoms with Gasteiger partial charge in [-0.2, -0.15) is 17.6 Å². The Morgan fingerprint density at radius 2 is 1.56 bits per heavy atom. The molecule has 0 aliphatic carbocycles. The average Bonchev–Trinajstić information content (AvgIpc) is 2.55. The number of nitrogens with one attached hydrogen (secondary N) is 1. The SMILES string of the molecule is O=C(Nc1ccccc1S(=O)(=O)C(F)F)c1ccc(OC(F)F)cc1. The lowest BCUT2D eigenvalue weighted by atomic mass is 10.2. The lowest BCUT2D eigenvalue weighted by Gasteiger charge is -2.11. The summed E-state index contributed by atoms with van der Waals surface area (Å²) in [7, 11) is -4.91. The molecule has 0 saturated heterocycles. The molecule has 0 atom stereocenters. The van der Waals surface area contributed by atoms with E-state index in [2.05, 4.69) is 10.1 Å². The van der Waals surface area contributed by atoms with Crippen LogP contribution in [0.1, 0.15) is 10.4 Å². The standard InChI is InChI=1S/C15H11F4NO4S/c16-14(17)24-10-7-5-9(6-8-10)13(21)20-11-3-1-2-4-12(11)25(22,23)15(18)19/h1-8,14-15H,(H,20,21). The van der Waals surface area contributed by atoms with Crippen molar-refractivity contribution in [1.82, 2.24) is 0 Å². The number of carbonyl (C=O) groups is 1. The molecule has 2 rings (SSSR count). The zero-order chi connectivity index (χ0) is 18.6. The van der Waals surface area contributed by atoms with Gasteiger partial charge in [0, 0.05) is 5.56 Å². The zero-order valence-electron chi connectivity index (χ0n) is 12.3. The van der Waals surface area contributed by atoms with Crippen molar-refractivity contribution in [3.63, 3.8) is 0 Å². The first-order valence-corrected chi connectivity index (χ1v) is 8.24. The number of hydrogen-bond acceptors (Lipinski definition) is 4. The molecule has 0 saturated carbocycles. The smallest absolute Gasteiger partial charge is 0.387 e. The zero-order valence-corrected chi connectivity index (χ0v) is 13.1. The molecular formula is C15H11F4NO4S. The van der Waals surface area contributed by atoms with E-state index in [-0.39, 0.29) is 17.0 Å². The van der Waals surface area contributed by atoms with E-state index < -0.39 is 33.0 Å². The quantitative estimate of drug-likeness (QED) is 0.782. The van der Waals surface area contributed by atoms with Gasteiger partial charge in [0.25, 0.3) is 5.91 Å². The van der Waals surface area contributed by atoms with Gasteiger partial charge in [-0.1, -0.05) is 12.1 Å². The molecule has 0 unspecified atom stereocenters. The summed E-state index contributed by atoms with van der Waals surface area (Å²) in [6.45, 7) is -3.02. The Bertz CT molecular complexity index is 854. The van der Waals surface area contributed by atoms with E-state index in [0.717, 1.165) is 36.4 Å². The Hall–Kier alpha value is -2.62. The normalized spacial score (nSPS) is 11.6. The van der Waals surface area contributed by atoms with Crippen molar-refractivity contribution >= 4 is 21.4 Å². The third kappa shape index (κ3) is 4.47. The second-order valence-corrected chi connectivity index (χ2v) is 6.55. The van der Waals surface area contributed by atoms with Gasteiger partial charge in [-0.05, 0) is 36.4 Å². The van der Waals surface area contributed by atoms with E-state index in [4.69, 9.17) is 0 Å². The summed E-state index contributed by atoms with van der Waals surface area (Å²) in [5.74, 6) is -4.62. The number of ether oxygens (including phenoxy) is 1. The Morgan fingerprint density at radius 1 is 0.960 bits per heavy atom. The van der Waals surface area contributed by atoms with Crippen LogP contribution in [0, 0.1) is 0 Å². The van der Waals surface area contributed by atoms with E-state index in [9.17, 15) is 30.8 Å². The maximum absolute atomic E-state index is 12.7. The Labute approximate surface area is 140 Å². The topological polar surface area (TPSA) is 72.5 Å². The summed E-state index contributed by atoms with van der Waals surface area (Å²) in [5.41, 5.74) is -0.327. The van der Waals surface area contributed by atoms with Crippen molar-refractivity contribution in [3.05, 3.63) is 54.1 Å². The molecule has 1 amide bonds. The van der Waals surface area contributed by atoms with Gasteiger partial charge in [-0.15, -0.1) is 0 Å². The number of benzene rings is 2. The van der Waals surface area contributed by atoms with Crippen molar-refractivity contribution in [3.8, 4) is 5.75 Å². The van der Waals surface area contributed by atoms with Crippen LogP contribution in [0.3, 0.4) is 0 Å². The molecule has 1 N–H and O–H groups in total. The number of carbonyl (C=O) groups excluding carboxylic acids is 1. The van der Waals surface area contributed by atoms with Crippen LogP contribution in [-0.2, 0) is 9.84 Å². The summed E-state index contributed by atoms with van der Waals surface area (Å²) in [6.07, 6.45) is 0. The highest BCUT2D eigenvalue weighted by Gasteiger charge is 2.29. The summed E-state index contributed by atoms with van der Waals surface area (Å²) in [4.78, 5) is 11.4. The van der Waals surface area contributed by atoms with E-state index >= 15 is 0 Å². The number of rotatable bonds is 6. The molecule has 0 heterocycles. The summed E-state index contributed by atoms with van der Waals surface area (Å²) >= 11 is 0. The first-order chi connectivity index (χ1) is 11.7. The number of alkyl halides is 4. The number of hydrogen-bond donors (Lipinski definition) is 1. The molecule has 2 aromatic carbocycles. The van der Waals surface area contributed by atoms with Crippen LogP contribution < -0.4 is 10.1 Å². The fourth-order valence-electron chi connectivity index (χ4n) is 1.90. The van der Waals surface area contributed by atoms with E-state index in [1.807, 2.05) is 0 Å². The number of sulfone groups is 1. The predicted octanol–water partition coefficient (Wildman–Crippen LogP) is 3.54. The third-order valence-corrected chi connectivity index (χ3v) is 4.46. The summed E-state index contributed by atoms with van der Waals surface area (Å²) < 4.78 is 76.9. The van der Waals surface area contributed by atoms with Gasteiger partial charge in [-0.3, -0.25) is 4.79 Å². The Balaban J connectivity index is 2.24. The lowest BCUT2D eigenvalue weighted by Crippen LogP contribution is -2.17. The molecule has 0 aromatic heterocycles. The van der Waals surface area contributed by atoms with Crippen molar-refractivity contribution in [2.24, 2.45) is 0 Å². The summed E-state index contributed by atoms with van der Waals surface area (Å²) in [6, 6.07) is 9.25. The highest BCUT2D eigenvalue weighted by atomic mass is 32.2. The van der Waals surface area contributed by atoms with Crippen LogP contribution in [-0.4, -0.2) is 26.7 Å². The van der Waals surface area contributed by atoms with Crippen LogP contribution >= 0.6 is 0 Å². The van der Waals surface area contributed by atoms with E-state index in [0.29, 0.717) is 0 Å². The fraction of sp³-hybridized carbons (Fsp3) is 0.133. The molecule has 2 aromatic rings. The number of anilines is 1. The predicted molar refractivity (Wildman–Crippen MR) is 80.7 cm³/mol. The minimum Gasteiger partial charge on any atom is -0.435 e. The van der Waals surface area contributed by atoms with Gasteiger partial charge in [0.1, 0.15) is 5.75 Å². The van der Waals surface area contributed by atoms with Crippen LogP contribution in [0.2, 0.25) is 0 Å². The van der Waals surface area contributed by atoms with Crippen LogP contribution in [0.5, 0.6) is 5.75 Å². The average molecular weight is 377 g/mol. The molecule has 134 valence electrons. The van der Waals surface area contributed by atoms with Crippen LogP contribution in [0.4, 0.5) is 23.2 Å². The summed E-state index contributed by atoms with van der Waals surface area (Å²) in [5, 5.41) is 2.21. The monoisotopic (exact) mass is 377 g/mol. The largest absolute Gasteiger partial charge is 0.435 e. The van der Waals surface area contributed by atoms with Crippen molar-refractivity contribution in [2.45, 2.75) is 17.3 Å². The molecule has 0 bridgehead atoms. The third-order valence-electron chi connectivity index (χ3n) is 3.02. The Morgan fingerprint density at radius 3 is 2.12 bits per heavy atom. The van der Waals surface area contributed by atoms with Crippen LogP contribution in [0.15, 0.2) is 53.4 Å². The van der Waals surface area contributed by atoms with Gasteiger partial charge in [0.15, 0.2) is 0 Å². The van der Waals surface area contributed by atoms with Crippen LogP contribution in [0.25, 0.3) is 0 Å². The fourth-order valence-corrected chi connectivity index (χ4v) is 2.78. The molecule has 0 aliphatic rings. The molecule has 0 aliphatic heterocycles. The number of amides is 1. The van der Waals surface area contributed by atoms with Crippen molar-refractivity contribution < 1.29 is 35.5 Å². The lowest BCUT2D eigenvalue weighted by molar-refractivity contribution is -0.0498. The maximum Gasteiger partial charge on any atom is 0.387 e. The molecule has 0 fully saturated rings. The maximum atomic E-state index is 12.7. The van der Waals surface area contributed by atoms with Gasteiger partial charge in [0.05, 0.1) is 10.6 Å². The van der Waals surface area contributed by atoms with Gasteiger partial charge >= 0.3 is 12.4 Å². The van der Waals surface area contributed by atoms with Crippen molar-refractivity contribution in [1.29, 1.82) is 0 Å². The first-order valence-electron chi connectivity index (χ1n) is 6.69. The Kier molecular flexibility index (Phi) is 5.62. The van der Waals surface area contributed by atoms with Gasteiger partial charge in [-0.25, -0.2) is 8.42 Å². The van der Waals surface area contributed by atoms with E-state index in [1.165, 1.54) is 12.1 Å². The number of para-hydroxylation sites is 1. The molecular weight excluding hydrogens is 366 g/mol. The first kappa shape index (κ1) is 18.7. The molecule has 0 radical (unpaired) electrons. The second-order valence-electron chi connectivity index (χ2n) is 4.66. The van der Waals surface area contributed by atoms with E-state index in [1.54, 1.807) is 0 Å². The van der Waals surface area contributed by atoms with Gasteiger partial charge in [0.2, 0.25) is 9.84 Å². The highest BCUT2D eigenvalue weighted by Crippen LogP contribution is 2.26. The number of halogens is 4.